The quantitative estimate of drug-likeness (QED) is 0.138. The van der Waals surface area contributed by atoms with Gasteiger partial charge in [0.1, 0.15) is 18.1 Å². The number of hydrogen-bond acceptors (Lipinski definition) is 8. The number of thiol groups is 1. The van der Waals surface area contributed by atoms with E-state index in [4.69, 9.17) is 21.1 Å². The van der Waals surface area contributed by atoms with Crippen LogP contribution in [0.4, 0.5) is 0 Å². The van der Waals surface area contributed by atoms with E-state index in [0.29, 0.717) is 0 Å². The van der Waals surface area contributed by atoms with Gasteiger partial charge in [0.05, 0.1) is 12.5 Å². The Labute approximate surface area is 170 Å². The third-order valence-corrected chi connectivity index (χ3v) is 3.87. The summed E-state index contributed by atoms with van der Waals surface area (Å²) in [5, 5.41) is 32.9. The molecule has 4 unspecified atom stereocenters. The minimum Gasteiger partial charge on any atom is -0.481 e. The Morgan fingerprint density at radius 1 is 0.828 bits per heavy atom. The number of carbonyl (C=O) groups excluding carboxylic acids is 3. The largest absolute Gasteiger partial charge is 0.481 e. The number of hydrogen-bond donors (Lipinski definition) is 8. The lowest BCUT2D eigenvalue weighted by Crippen LogP contribution is -2.57. The van der Waals surface area contributed by atoms with Gasteiger partial charge in [0.25, 0.3) is 0 Å². The van der Waals surface area contributed by atoms with Crippen molar-refractivity contribution in [3.8, 4) is 0 Å². The second-order valence-electron chi connectivity index (χ2n) is 6.02. The zero-order valence-corrected chi connectivity index (χ0v) is 16.3. The molecule has 164 valence electrons. The van der Waals surface area contributed by atoms with Gasteiger partial charge in [-0.15, -0.1) is 0 Å². The smallest absolute Gasteiger partial charge is 0.326 e. The van der Waals surface area contributed by atoms with Crippen LogP contribution in [0.1, 0.15) is 26.2 Å². The first kappa shape index (κ1) is 26.1. The molecule has 0 radical (unpaired) electrons. The summed E-state index contributed by atoms with van der Waals surface area (Å²) in [6.07, 6.45) is -1.65. The maximum absolute atomic E-state index is 12.4. The molecule has 0 spiro atoms. The van der Waals surface area contributed by atoms with Gasteiger partial charge in [-0.25, -0.2) is 4.79 Å². The van der Waals surface area contributed by atoms with Crippen LogP contribution in [-0.4, -0.2) is 80.9 Å². The van der Waals surface area contributed by atoms with E-state index in [9.17, 15) is 28.8 Å². The average Bonchev–Trinajstić information content (AvgIpc) is 2.60. The van der Waals surface area contributed by atoms with Crippen molar-refractivity contribution in [1.82, 2.24) is 16.0 Å². The van der Waals surface area contributed by atoms with E-state index < -0.39 is 72.6 Å². The average molecular weight is 436 g/mol. The van der Waals surface area contributed by atoms with Crippen LogP contribution in [0.25, 0.3) is 0 Å². The minimum atomic E-state index is -1.74. The van der Waals surface area contributed by atoms with Crippen LogP contribution in [-0.2, 0) is 28.8 Å². The summed E-state index contributed by atoms with van der Waals surface area (Å²) < 4.78 is 0. The van der Waals surface area contributed by atoms with E-state index in [1.807, 2.05) is 5.32 Å². The van der Waals surface area contributed by atoms with E-state index in [2.05, 4.69) is 23.3 Å². The van der Waals surface area contributed by atoms with Crippen molar-refractivity contribution in [1.29, 1.82) is 0 Å². The normalized spacial score (nSPS) is 14.6. The molecule has 0 aromatic rings. The predicted molar refractivity (Wildman–Crippen MR) is 100 cm³/mol. The highest BCUT2D eigenvalue weighted by atomic mass is 32.1. The molecule has 8 N–H and O–H groups in total. The molecule has 0 saturated heterocycles. The van der Waals surface area contributed by atoms with Crippen molar-refractivity contribution >= 4 is 48.3 Å². The van der Waals surface area contributed by atoms with Crippen molar-refractivity contribution < 1.29 is 44.1 Å². The molecule has 0 aliphatic rings. The van der Waals surface area contributed by atoms with Crippen molar-refractivity contribution in [3.05, 3.63) is 0 Å². The molecule has 3 amide bonds. The Kier molecular flexibility index (Phi) is 11.3. The Morgan fingerprint density at radius 3 is 1.72 bits per heavy atom. The van der Waals surface area contributed by atoms with Crippen LogP contribution in [0, 0.1) is 0 Å². The molecule has 29 heavy (non-hydrogen) atoms. The van der Waals surface area contributed by atoms with Crippen LogP contribution in [0.3, 0.4) is 0 Å². The van der Waals surface area contributed by atoms with E-state index in [1.165, 1.54) is 6.92 Å². The first-order valence-electron chi connectivity index (χ1n) is 8.33. The highest BCUT2D eigenvalue weighted by molar-refractivity contribution is 7.80. The van der Waals surface area contributed by atoms with Crippen LogP contribution >= 0.6 is 12.6 Å². The Hall–Kier alpha value is -2.87. The number of nitrogens with two attached hydrogens (primary N) is 1. The molecule has 4 atom stereocenters. The van der Waals surface area contributed by atoms with Crippen LogP contribution in [0.5, 0.6) is 0 Å². The van der Waals surface area contributed by atoms with Gasteiger partial charge in [-0.1, -0.05) is 0 Å². The molecule has 0 fully saturated rings. The first-order chi connectivity index (χ1) is 13.4. The molecule has 0 rings (SSSR count). The number of aliphatic carboxylic acids is 3. The van der Waals surface area contributed by atoms with E-state index in [0.717, 1.165) is 0 Å². The van der Waals surface area contributed by atoms with Gasteiger partial charge in [-0.3, -0.25) is 24.0 Å². The molecule has 0 aromatic heterocycles. The number of carboxylic acids is 3. The lowest BCUT2D eigenvalue weighted by Gasteiger charge is -2.23. The standard InChI is InChI=1S/C15H24N4O9S/c1-6(16)12(24)17-7(2-3-10(20)21)13(25)19-9(5-29)14(26)18-8(15(27)28)4-11(22)23/h6-9,29H,2-5,16H2,1H3,(H,17,24)(H,18,26)(H,19,25)(H,20,21)(H,22,23)(H,27,28). The molecular formula is C15H24N4O9S. The molecule has 0 aromatic carbocycles. The first-order valence-corrected chi connectivity index (χ1v) is 8.96. The molecule has 0 aliphatic heterocycles. The van der Waals surface area contributed by atoms with Gasteiger partial charge in [0, 0.05) is 12.2 Å². The number of carbonyl (C=O) groups is 6. The lowest BCUT2D eigenvalue weighted by molar-refractivity contribution is -0.147. The molecule has 0 saturated carbocycles. The molecule has 0 aliphatic carbocycles. The number of amides is 3. The van der Waals surface area contributed by atoms with E-state index in [-0.39, 0.29) is 12.2 Å². The fourth-order valence-corrected chi connectivity index (χ4v) is 2.21. The highest BCUT2D eigenvalue weighted by Gasteiger charge is 2.30. The second-order valence-corrected chi connectivity index (χ2v) is 6.39. The summed E-state index contributed by atoms with van der Waals surface area (Å²) in [6, 6.07) is -5.42. The summed E-state index contributed by atoms with van der Waals surface area (Å²) in [7, 11) is 0. The maximum Gasteiger partial charge on any atom is 0.326 e. The fourth-order valence-electron chi connectivity index (χ4n) is 1.95. The highest BCUT2D eigenvalue weighted by Crippen LogP contribution is 2.02. The maximum atomic E-state index is 12.4. The van der Waals surface area contributed by atoms with Crippen molar-refractivity contribution in [2.75, 3.05) is 5.75 Å². The zero-order valence-electron chi connectivity index (χ0n) is 15.5. The van der Waals surface area contributed by atoms with Gasteiger partial charge in [-0.05, 0) is 13.3 Å². The Bertz CT molecular complexity index is 656. The van der Waals surface area contributed by atoms with Crippen LogP contribution in [0.2, 0.25) is 0 Å². The monoisotopic (exact) mass is 436 g/mol. The topological polar surface area (TPSA) is 225 Å². The fraction of sp³-hybridized carbons (Fsp3) is 0.600. The Morgan fingerprint density at radius 2 is 1.31 bits per heavy atom. The predicted octanol–water partition coefficient (Wildman–Crippen LogP) is -2.86. The van der Waals surface area contributed by atoms with Gasteiger partial charge >= 0.3 is 17.9 Å². The zero-order chi connectivity index (χ0) is 22.7. The summed E-state index contributed by atoms with van der Waals surface area (Å²) in [5.41, 5.74) is 5.40. The number of carboxylic acid groups (broad SMARTS) is 3. The second kappa shape index (κ2) is 12.6. The summed E-state index contributed by atoms with van der Waals surface area (Å²) in [4.78, 5) is 68.8. The summed E-state index contributed by atoms with van der Waals surface area (Å²) in [6.45, 7) is 1.35. The number of nitrogens with one attached hydrogen (secondary N) is 3. The van der Waals surface area contributed by atoms with Crippen molar-refractivity contribution in [2.45, 2.75) is 50.4 Å². The van der Waals surface area contributed by atoms with Gasteiger partial charge in [-0.2, -0.15) is 12.6 Å². The third-order valence-electron chi connectivity index (χ3n) is 3.50. The van der Waals surface area contributed by atoms with Gasteiger partial charge in [0.15, 0.2) is 0 Å². The minimum absolute atomic E-state index is 0.288. The molecule has 0 heterocycles. The van der Waals surface area contributed by atoms with Crippen molar-refractivity contribution in [3.63, 3.8) is 0 Å². The summed E-state index contributed by atoms with van der Waals surface area (Å²) >= 11 is 3.89. The SMILES string of the molecule is CC(N)C(=O)NC(CCC(=O)O)C(=O)NC(CS)C(=O)NC(CC(=O)O)C(=O)O. The van der Waals surface area contributed by atoms with E-state index in [1.54, 1.807) is 0 Å². The molecule has 14 heteroatoms. The third kappa shape index (κ3) is 10.3. The van der Waals surface area contributed by atoms with Crippen LogP contribution in [0.15, 0.2) is 0 Å². The van der Waals surface area contributed by atoms with Crippen molar-refractivity contribution in [2.24, 2.45) is 5.73 Å². The van der Waals surface area contributed by atoms with Crippen LogP contribution < -0.4 is 21.7 Å². The summed E-state index contributed by atoms with van der Waals surface area (Å²) in [5.74, 6) is -7.22. The van der Waals surface area contributed by atoms with Gasteiger partial charge < -0.3 is 37.0 Å². The van der Waals surface area contributed by atoms with E-state index >= 15 is 0 Å². The molecular weight excluding hydrogens is 412 g/mol. The van der Waals surface area contributed by atoms with Gasteiger partial charge in [0.2, 0.25) is 17.7 Å². The Balaban J connectivity index is 5.21. The molecule has 13 nitrogen and oxygen atoms in total. The lowest BCUT2D eigenvalue weighted by atomic mass is 10.1. The number of rotatable bonds is 13. The molecule has 0 bridgehead atoms.